The summed E-state index contributed by atoms with van der Waals surface area (Å²) in [7, 11) is 1.77. The zero-order valence-corrected chi connectivity index (χ0v) is 10.6. The van der Waals surface area contributed by atoms with Crippen LogP contribution in [-0.2, 0) is 16.1 Å². The Bertz CT molecular complexity index is 397. The number of nitrogens with two attached hydrogens (primary N) is 1. The summed E-state index contributed by atoms with van der Waals surface area (Å²) in [5.41, 5.74) is 6.06. The molecule has 1 heterocycles. The van der Waals surface area contributed by atoms with Crippen LogP contribution in [0, 0.1) is 0 Å². The standard InChI is InChI=1S/C12H20N4O2/c1-18-11-4-2-9(3-5-11)15-10-6-14-16(7-10)8-12(13)17/h6-7,9,11,15H,2-5,8H2,1H3,(H2,13,17). The second-order valence-electron chi connectivity index (χ2n) is 4.75. The first-order chi connectivity index (χ1) is 8.67. The summed E-state index contributed by atoms with van der Waals surface area (Å²) in [6, 6.07) is 0.461. The van der Waals surface area contributed by atoms with Crippen LogP contribution in [0.1, 0.15) is 25.7 Å². The number of amides is 1. The fourth-order valence-corrected chi connectivity index (χ4v) is 2.36. The third-order valence-corrected chi connectivity index (χ3v) is 3.33. The Hall–Kier alpha value is -1.56. The van der Waals surface area contributed by atoms with E-state index in [1.807, 2.05) is 6.20 Å². The van der Waals surface area contributed by atoms with Gasteiger partial charge >= 0.3 is 0 Å². The summed E-state index contributed by atoms with van der Waals surface area (Å²) < 4.78 is 6.89. The molecule has 3 N–H and O–H groups in total. The van der Waals surface area contributed by atoms with Gasteiger partial charge in [-0.05, 0) is 25.7 Å². The van der Waals surface area contributed by atoms with Gasteiger partial charge in [-0.2, -0.15) is 5.10 Å². The summed E-state index contributed by atoms with van der Waals surface area (Å²) in [4.78, 5) is 10.8. The first-order valence-electron chi connectivity index (χ1n) is 6.27. The van der Waals surface area contributed by atoms with Crippen molar-refractivity contribution in [2.75, 3.05) is 12.4 Å². The lowest BCUT2D eigenvalue weighted by atomic mass is 9.93. The maximum atomic E-state index is 10.8. The van der Waals surface area contributed by atoms with E-state index < -0.39 is 0 Å². The fourth-order valence-electron chi connectivity index (χ4n) is 2.36. The van der Waals surface area contributed by atoms with Gasteiger partial charge in [0, 0.05) is 19.3 Å². The molecule has 1 aromatic rings. The van der Waals surface area contributed by atoms with Crippen molar-refractivity contribution < 1.29 is 9.53 Å². The number of anilines is 1. The summed E-state index contributed by atoms with van der Waals surface area (Å²) in [6.45, 7) is 0.123. The highest BCUT2D eigenvalue weighted by Gasteiger charge is 2.20. The zero-order valence-electron chi connectivity index (χ0n) is 10.6. The molecule has 0 spiro atoms. The second-order valence-corrected chi connectivity index (χ2v) is 4.75. The number of carbonyl (C=O) groups excluding carboxylic acids is 1. The molecule has 0 unspecified atom stereocenters. The van der Waals surface area contributed by atoms with Gasteiger partial charge in [-0.1, -0.05) is 0 Å². The Kier molecular flexibility index (Phi) is 4.19. The van der Waals surface area contributed by atoms with Crippen molar-refractivity contribution in [2.24, 2.45) is 5.73 Å². The number of nitrogens with zero attached hydrogens (tertiary/aromatic N) is 2. The Balaban J connectivity index is 1.83. The Morgan fingerprint density at radius 3 is 2.89 bits per heavy atom. The number of nitrogens with one attached hydrogen (secondary N) is 1. The molecule has 1 aliphatic carbocycles. The maximum Gasteiger partial charge on any atom is 0.239 e. The molecular weight excluding hydrogens is 232 g/mol. The van der Waals surface area contributed by atoms with Gasteiger partial charge in [-0.3, -0.25) is 9.48 Å². The van der Waals surface area contributed by atoms with E-state index in [1.54, 1.807) is 18.0 Å². The predicted molar refractivity (Wildman–Crippen MR) is 68.1 cm³/mol. The molecule has 6 nitrogen and oxygen atoms in total. The van der Waals surface area contributed by atoms with Crippen LogP contribution in [0.15, 0.2) is 12.4 Å². The first kappa shape index (κ1) is 12.9. The van der Waals surface area contributed by atoms with Crippen LogP contribution in [0.3, 0.4) is 0 Å². The largest absolute Gasteiger partial charge is 0.381 e. The van der Waals surface area contributed by atoms with Crippen LogP contribution < -0.4 is 11.1 Å². The topological polar surface area (TPSA) is 82.2 Å². The van der Waals surface area contributed by atoms with Crippen LogP contribution >= 0.6 is 0 Å². The lowest BCUT2D eigenvalue weighted by Crippen LogP contribution is -2.29. The molecule has 6 heteroatoms. The van der Waals surface area contributed by atoms with Gasteiger partial charge in [0.1, 0.15) is 6.54 Å². The van der Waals surface area contributed by atoms with E-state index in [9.17, 15) is 4.79 Å². The van der Waals surface area contributed by atoms with Crippen molar-refractivity contribution in [3.8, 4) is 0 Å². The summed E-state index contributed by atoms with van der Waals surface area (Å²) in [5, 5.41) is 7.51. The van der Waals surface area contributed by atoms with Crippen molar-refractivity contribution in [3.05, 3.63) is 12.4 Å². The number of hydrogen-bond donors (Lipinski definition) is 2. The van der Waals surface area contributed by atoms with Crippen LogP contribution in [0.5, 0.6) is 0 Å². The third kappa shape index (κ3) is 3.46. The summed E-state index contributed by atoms with van der Waals surface area (Å²) >= 11 is 0. The Morgan fingerprint density at radius 1 is 1.56 bits per heavy atom. The molecule has 1 aromatic heterocycles. The molecule has 0 saturated heterocycles. The van der Waals surface area contributed by atoms with Gasteiger partial charge in [0.25, 0.3) is 0 Å². The minimum Gasteiger partial charge on any atom is -0.381 e. The zero-order chi connectivity index (χ0) is 13.0. The molecule has 2 rings (SSSR count). The molecule has 100 valence electrons. The molecule has 0 atom stereocenters. The lowest BCUT2D eigenvalue weighted by molar-refractivity contribution is -0.118. The van der Waals surface area contributed by atoms with Crippen molar-refractivity contribution in [1.29, 1.82) is 0 Å². The van der Waals surface area contributed by atoms with Gasteiger partial charge in [-0.25, -0.2) is 0 Å². The highest BCUT2D eigenvalue weighted by molar-refractivity contribution is 5.73. The minimum absolute atomic E-state index is 0.123. The molecule has 0 aliphatic heterocycles. The number of carbonyl (C=O) groups is 1. The quantitative estimate of drug-likeness (QED) is 0.809. The van der Waals surface area contributed by atoms with Gasteiger partial charge in [0.05, 0.1) is 18.0 Å². The van der Waals surface area contributed by atoms with Gasteiger partial charge in [0.15, 0.2) is 0 Å². The number of methoxy groups -OCH3 is 1. The van der Waals surface area contributed by atoms with E-state index in [0.717, 1.165) is 31.4 Å². The number of rotatable bonds is 5. The van der Waals surface area contributed by atoms with E-state index in [0.29, 0.717) is 12.1 Å². The van der Waals surface area contributed by atoms with Crippen LogP contribution in [0.25, 0.3) is 0 Å². The molecule has 1 amide bonds. The average Bonchev–Trinajstić information content (AvgIpc) is 2.76. The van der Waals surface area contributed by atoms with E-state index in [-0.39, 0.29) is 12.5 Å². The van der Waals surface area contributed by atoms with E-state index in [1.165, 1.54) is 0 Å². The average molecular weight is 252 g/mol. The number of primary amides is 1. The van der Waals surface area contributed by atoms with E-state index in [4.69, 9.17) is 10.5 Å². The molecular formula is C12H20N4O2. The molecule has 1 fully saturated rings. The van der Waals surface area contributed by atoms with Crippen LogP contribution in [0.4, 0.5) is 5.69 Å². The first-order valence-corrected chi connectivity index (χ1v) is 6.27. The van der Waals surface area contributed by atoms with Crippen molar-refractivity contribution in [2.45, 2.75) is 44.4 Å². The molecule has 0 radical (unpaired) electrons. The maximum absolute atomic E-state index is 10.8. The van der Waals surface area contributed by atoms with Gasteiger partial charge in [-0.15, -0.1) is 0 Å². The lowest BCUT2D eigenvalue weighted by Gasteiger charge is -2.28. The van der Waals surface area contributed by atoms with Crippen LogP contribution in [0.2, 0.25) is 0 Å². The Morgan fingerprint density at radius 2 is 2.28 bits per heavy atom. The highest BCUT2D eigenvalue weighted by atomic mass is 16.5. The van der Waals surface area contributed by atoms with Gasteiger partial charge in [0.2, 0.25) is 5.91 Å². The van der Waals surface area contributed by atoms with Gasteiger partial charge < -0.3 is 15.8 Å². The monoisotopic (exact) mass is 252 g/mol. The smallest absolute Gasteiger partial charge is 0.239 e. The SMILES string of the molecule is COC1CCC(Nc2cnn(CC(N)=O)c2)CC1. The summed E-state index contributed by atoms with van der Waals surface area (Å²) in [5.74, 6) is -0.384. The second kappa shape index (κ2) is 5.86. The van der Waals surface area contributed by atoms with Crippen molar-refractivity contribution in [1.82, 2.24) is 9.78 Å². The van der Waals surface area contributed by atoms with Crippen molar-refractivity contribution in [3.63, 3.8) is 0 Å². The fraction of sp³-hybridized carbons (Fsp3) is 0.667. The highest BCUT2D eigenvalue weighted by Crippen LogP contribution is 2.23. The molecule has 18 heavy (non-hydrogen) atoms. The molecule has 1 aliphatic rings. The summed E-state index contributed by atoms with van der Waals surface area (Å²) in [6.07, 6.45) is 8.31. The molecule has 0 bridgehead atoms. The third-order valence-electron chi connectivity index (χ3n) is 3.33. The normalized spacial score (nSPS) is 23.8. The molecule has 1 saturated carbocycles. The van der Waals surface area contributed by atoms with E-state index in [2.05, 4.69) is 10.4 Å². The van der Waals surface area contributed by atoms with E-state index >= 15 is 0 Å². The number of hydrogen-bond acceptors (Lipinski definition) is 4. The molecule has 0 aromatic carbocycles. The van der Waals surface area contributed by atoms with Crippen molar-refractivity contribution >= 4 is 11.6 Å². The Labute approximate surface area is 106 Å². The number of aromatic nitrogens is 2. The van der Waals surface area contributed by atoms with Crippen LogP contribution in [-0.4, -0.2) is 34.9 Å². The predicted octanol–water partition coefficient (Wildman–Crippen LogP) is 0.738. The minimum atomic E-state index is -0.384. The number of ether oxygens (including phenoxy) is 1.